The van der Waals surface area contributed by atoms with Gasteiger partial charge in [0.15, 0.2) is 0 Å². The van der Waals surface area contributed by atoms with Gasteiger partial charge >= 0.3 is 0 Å². The van der Waals surface area contributed by atoms with Crippen LogP contribution in [0.2, 0.25) is 0 Å². The molecule has 0 N–H and O–H groups in total. The normalized spacial score (nSPS) is 11.5. The summed E-state index contributed by atoms with van der Waals surface area (Å²) in [5.41, 5.74) is 16.5. The van der Waals surface area contributed by atoms with Crippen LogP contribution in [-0.4, -0.2) is 19.9 Å². The van der Waals surface area contributed by atoms with Crippen LogP contribution in [0.1, 0.15) is 11.1 Å². The van der Waals surface area contributed by atoms with E-state index in [2.05, 4.69) is 184 Å². The Labute approximate surface area is 313 Å². The molecule has 0 radical (unpaired) electrons. The highest BCUT2D eigenvalue weighted by Gasteiger charge is 2.12. The topological polar surface area (TPSA) is 51.6 Å². The molecule has 6 aromatic carbocycles. The van der Waals surface area contributed by atoms with E-state index in [0.29, 0.717) is 0 Å². The smallest absolute Gasteiger partial charge is 0.0972 e. The van der Waals surface area contributed by atoms with Crippen LogP contribution in [0.15, 0.2) is 170 Å². The minimum atomic E-state index is 0.913. The number of rotatable bonds is 5. The number of nitrogens with zero attached hydrogens (tertiary/aromatic N) is 4. The Morgan fingerprint density at radius 2 is 0.426 bits per heavy atom. The molecule has 254 valence electrons. The fourth-order valence-electron chi connectivity index (χ4n) is 7.29. The van der Waals surface area contributed by atoms with Gasteiger partial charge < -0.3 is 0 Å². The molecule has 4 aromatic heterocycles. The molecule has 4 nitrogen and oxygen atoms in total. The molecule has 0 aliphatic rings. The zero-order valence-electron chi connectivity index (χ0n) is 30.0. The molecule has 54 heavy (non-hydrogen) atoms. The van der Waals surface area contributed by atoms with Gasteiger partial charge in [-0.15, -0.1) is 0 Å². The molecule has 10 aromatic rings. The summed E-state index contributed by atoms with van der Waals surface area (Å²) in [5.74, 6) is 0. The minimum absolute atomic E-state index is 0.913. The first-order chi connectivity index (χ1) is 26.5. The van der Waals surface area contributed by atoms with Gasteiger partial charge in [-0.2, -0.15) is 0 Å². The molecule has 0 saturated carbocycles. The van der Waals surface area contributed by atoms with Crippen LogP contribution in [0.3, 0.4) is 0 Å². The van der Waals surface area contributed by atoms with Gasteiger partial charge in [0.2, 0.25) is 0 Å². The van der Waals surface area contributed by atoms with Crippen molar-refractivity contribution in [2.24, 2.45) is 0 Å². The number of hydrogen-bond acceptors (Lipinski definition) is 4. The van der Waals surface area contributed by atoms with Crippen molar-refractivity contribution in [3.05, 3.63) is 181 Å². The van der Waals surface area contributed by atoms with Crippen LogP contribution >= 0.6 is 0 Å². The zero-order valence-corrected chi connectivity index (χ0v) is 30.0. The van der Waals surface area contributed by atoms with Gasteiger partial charge in [-0.25, -0.2) is 19.9 Å². The monoisotopic (exact) mass is 690 g/mol. The van der Waals surface area contributed by atoms with Gasteiger partial charge in [0.1, 0.15) is 0 Å². The first kappa shape index (κ1) is 31.7. The number of aromatic nitrogens is 4. The fourth-order valence-corrected chi connectivity index (χ4v) is 7.29. The van der Waals surface area contributed by atoms with Crippen LogP contribution in [0, 0.1) is 13.8 Å². The Morgan fingerprint density at radius 3 is 0.685 bits per heavy atom. The standard InChI is InChI=1S/C50H34N4/c1-31-3-7-35(8-4-31)43-27-23-39-19-21-41-25-29-45(53-49(41)47(39)51-43)37-15-11-33(12-16-37)34-13-17-38(18-14-34)46-30-26-42-22-20-40-24-28-44(52-48(40)50(42)54-46)36-9-5-32(2)6-10-36/h3-30H,1-2H3. The Bertz CT molecular complexity index is 2810. The summed E-state index contributed by atoms with van der Waals surface area (Å²) in [7, 11) is 0. The molecule has 0 atom stereocenters. The number of pyridine rings is 4. The first-order valence-corrected chi connectivity index (χ1v) is 18.3. The second kappa shape index (κ2) is 12.9. The van der Waals surface area contributed by atoms with Crippen molar-refractivity contribution in [1.29, 1.82) is 0 Å². The Morgan fingerprint density at radius 1 is 0.222 bits per heavy atom. The van der Waals surface area contributed by atoms with Crippen molar-refractivity contribution < 1.29 is 0 Å². The number of hydrogen-bond donors (Lipinski definition) is 0. The second-order valence-corrected chi connectivity index (χ2v) is 14.1. The van der Waals surface area contributed by atoms with E-state index in [4.69, 9.17) is 19.9 Å². The number of aryl methyl sites for hydroxylation is 2. The van der Waals surface area contributed by atoms with Crippen LogP contribution < -0.4 is 0 Å². The molecule has 0 amide bonds. The molecule has 0 unspecified atom stereocenters. The zero-order chi connectivity index (χ0) is 36.2. The molecule has 4 heterocycles. The molecule has 0 fully saturated rings. The van der Waals surface area contributed by atoms with Crippen molar-refractivity contribution in [3.8, 4) is 56.2 Å². The van der Waals surface area contributed by atoms with Crippen molar-refractivity contribution in [2.45, 2.75) is 13.8 Å². The van der Waals surface area contributed by atoms with Crippen LogP contribution in [0.25, 0.3) is 99.8 Å². The summed E-state index contributed by atoms with van der Waals surface area (Å²) in [6, 6.07) is 59.8. The molecule has 0 aliphatic heterocycles. The fraction of sp³-hybridized carbons (Fsp3) is 0.0400. The second-order valence-electron chi connectivity index (χ2n) is 14.1. The van der Waals surface area contributed by atoms with E-state index in [1.807, 2.05) is 0 Å². The number of benzene rings is 6. The lowest BCUT2D eigenvalue weighted by Crippen LogP contribution is -1.91. The maximum absolute atomic E-state index is 5.16. The van der Waals surface area contributed by atoms with E-state index in [1.165, 1.54) is 11.1 Å². The van der Waals surface area contributed by atoms with Crippen molar-refractivity contribution in [3.63, 3.8) is 0 Å². The van der Waals surface area contributed by atoms with Gasteiger partial charge in [-0.1, -0.05) is 157 Å². The Hall–Kier alpha value is -7.04. The summed E-state index contributed by atoms with van der Waals surface area (Å²) in [4.78, 5) is 20.5. The molecule has 4 heteroatoms. The van der Waals surface area contributed by atoms with E-state index < -0.39 is 0 Å². The van der Waals surface area contributed by atoms with E-state index in [-0.39, 0.29) is 0 Å². The first-order valence-electron chi connectivity index (χ1n) is 18.3. The highest BCUT2D eigenvalue weighted by molar-refractivity contribution is 6.05. The molecular formula is C50H34N4. The predicted octanol–water partition coefficient (Wildman–Crippen LogP) is 12.8. The predicted molar refractivity (Wildman–Crippen MR) is 224 cm³/mol. The summed E-state index contributed by atoms with van der Waals surface area (Å²) in [6.07, 6.45) is 0. The lowest BCUT2D eigenvalue weighted by molar-refractivity contribution is 1.36. The SMILES string of the molecule is Cc1ccc(-c2ccc3ccc4ccc(-c5ccc(-c6ccc(-c7ccc8ccc9ccc(-c%10ccc(C)cc%10)nc9c8n7)cc6)cc5)nc4c3n2)cc1. The van der Waals surface area contributed by atoms with Crippen LogP contribution in [-0.2, 0) is 0 Å². The van der Waals surface area contributed by atoms with Crippen molar-refractivity contribution in [1.82, 2.24) is 19.9 Å². The van der Waals surface area contributed by atoms with Crippen molar-refractivity contribution >= 4 is 43.6 Å². The average Bonchev–Trinajstić information content (AvgIpc) is 3.23. The summed E-state index contributed by atoms with van der Waals surface area (Å²) in [6.45, 7) is 4.20. The van der Waals surface area contributed by atoms with E-state index >= 15 is 0 Å². The highest BCUT2D eigenvalue weighted by Crippen LogP contribution is 2.32. The summed E-state index contributed by atoms with van der Waals surface area (Å²) in [5, 5.41) is 4.32. The van der Waals surface area contributed by atoms with Crippen LogP contribution in [0.5, 0.6) is 0 Å². The summed E-state index contributed by atoms with van der Waals surface area (Å²) < 4.78 is 0. The molecule has 10 rings (SSSR count). The molecular weight excluding hydrogens is 657 g/mol. The Balaban J connectivity index is 0.941. The molecule has 0 spiro atoms. The van der Waals surface area contributed by atoms with E-state index in [9.17, 15) is 0 Å². The minimum Gasteiger partial charge on any atom is -0.245 e. The maximum Gasteiger partial charge on any atom is 0.0972 e. The van der Waals surface area contributed by atoms with Gasteiger partial charge in [-0.05, 0) is 49.2 Å². The van der Waals surface area contributed by atoms with Gasteiger partial charge in [0.05, 0.1) is 44.8 Å². The third-order valence-electron chi connectivity index (χ3n) is 10.4. The van der Waals surface area contributed by atoms with E-state index in [0.717, 1.165) is 99.8 Å². The van der Waals surface area contributed by atoms with Crippen LogP contribution in [0.4, 0.5) is 0 Å². The number of fused-ring (bicyclic) bond motifs is 6. The third kappa shape index (κ3) is 5.75. The molecule has 0 aliphatic carbocycles. The average molecular weight is 691 g/mol. The lowest BCUT2D eigenvalue weighted by Gasteiger charge is -2.10. The van der Waals surface area contributed by atoms with E-state index in [1.54, 1.807) is 0 Å². The third-order valence-corrected chi connectivity index (χ3v) is 10.4. The lowest BCUT2D eigenvalue weighted by atomic mass is 10.00. The van der Waals surface area contributed by atoms with Gasteiger partial charge in [0.25, 0.3) is 0 Å². The Kier molecular flexibility index (Phi) is 7.55. The quantitative estimate of drug-likeness (QED) is 0.169. The highest BCUT2D eigenvalue weighted by atomic mass is 14.8. The largest absolute Gasteiger partial charge is 0.245 e. The molecule has 0 saturated heterocycles. The van der Waals surface area contributed by atoms with Gasteiger partial charge in [0, 0.05) is 43.8 Å². The maximum atomic E-state index is 5.16. The summed E-state index contributed by atoms with van der Waals surface area (Å²) >= 11 is 0. The van der Waals surface area contributed by atoms with Gasteiger partial charge in [-0.3, -0.25) is 0 Å². The molecule has 0 bridgehead atoms. The van der Waals surface area contributed by atoms with Crippen molar-refractivity contribution in [2.75, 3.05) is 0 Å².